The van der Waals surface area contributed by atoms with Gasteiger partial charge in [-0.25, -0.2) is 5.43 Å². The first-order chi connectivity index (χ1) is 11.7. The summed E-state index contributed by atoms with van der Waals surface area (Å²) in [5, 5.41) is 3.96. The lowest BCUT2D eigenvalue weighted by atomic mass is 10.2. The molecule has 1 amide bonds. The number of carbonyl (C=O) groups is 1. The Hall–Kier alpha value is -2.89. The number of ether oxygens (including phenoxy) is 2. The Morgan fingerprint density at radius 2 is 2.04 bits per heavy atom. The van der Waals surface area contributed by atoms with Crippen molar-refractivity contribution in [3.63, 3.8) is 0 Å². The van der Waals surface area contributed by atoms with Crippen LogP contribution in [0.1, 0.15) is 35.7 Å². The minimum absolute atomic E-state index is 0.292. The fourth-order valence-corrected chi connectivity index (χ4v) is 1.94. The number of unbranched alkanes of at least 4 members (excludes halogenated alkanes) is 1. The summed E-state index contributed by atoms with van der Waals surface area (Å²) in [6, 6.07) is 8.74. The molecule has 0 saturated heterocycles. The van der Waals surface area contributed by atoms with Crippen molar-refractivity contribution < 1.29 is 14.3 Å². The summed E-state index contributed by atoms with van der Waals surface area (Å²) < 4.78 is 11.0. The Bertz CT molecular complexity index is 687. The van der Waals surface area contributed by atoms with Crippen LogP contribution in [0.4, 0.5) is 0 Å². The third-order valence-corrected chi connectivity index (χ3v) is 3.27. The zero-order chi connectivity index (χ0) is 17.2. The molecule has 0 atom stereocenters. The lowest BCUT2D eigenvalue weighted by Crippen LogP contribution is -2.17. The number of hydrogen-bond acceptors (Lipinski definition) is 5. The van der Waals surface area contributed by atoms with Crippen LogP contribution in [0.15, 0.2) is 47.8 Å². The van der Waals surface area contributed by atoms with Gasteiger partial charge in [-0.15, -0.1) is 0 Å². The number of hydrazone groups is 1. The predicted molar refractivity (Wildman–Crippen MR) is 92.7 cm³/mol. The van der Waals surface area contributed by atoms with Crippen molar-refractivity contribution in [3.8, 4) is 11.5 Å². The number of methoxy groups -OCH3 is 1. The number of aromatic nitrogens is 1. The number of pyridine rings is 1. The molecule has 2 aromatic rings. The van der Waals surface area contributed by atoms with Gasteiger partial charge in [-0.05, 0) is 42.3 Å². The van der Waals surface area contributed by atoms with Crippen LogP contribution >= 0.6 is 0 Å². The Morgan fingerprint density at radius 1 is 1.25 bits per heavy atom. The molecular formula is C18H21N3O3. The van der Waals surface area contributed by atoms with Gasteiger partial charge in [0, 0.05) is 18.0 Å². The van der Waals surface area contributed by atoms with Crippen LogP contribution < -0.4 is 14.9 Å². The zero-order valence-electron chi connectivity index (χ0n) is 13.9. The summed E-state index contributed by atoms with van der Waals surface area (Å²) in [5.74, 6) is 1.04. The lowest BCUT2D eigenvalue weighted by molar-refractivity contribution is 0.0955. The van der Waals surface area contributed by atoms with E-state index in [9.17, 15) is 4.79 Å². The van der Waals surface area contributed by atoms with Crippen LogP contribution in [-0.2, 0) is 0 Å². The molecule has 0 saturated carbocycles. The smallest absolute Gasteiger partial charge is 0.271 e. The van der Waals surface area contributed by atoms with E-state index in [-0.39, 0.29) is 5.91 Å². The highest BCUT2D eigenvalue weighted by molar-refractivity contribution is 5.94. The monoisotopic (exact) mass is 327 g/mol. The normalized spacial score (nSPS) is 10.6. The molecule has 6 heteroatoms. The van der Waals surface area contributed by atoms with E-state index in [0.717, 1.165) is 18.4 Å². The molecule has 1 heterocycles. The molecule has 0 unspecified atom stereocenters. The van der Waals surface area contributed by atoms with Gasteiger partial charge in [-0.3, -0.25) is 9.78 Å². The molecule has 0 aliphatic rings. The molecule has 0 radical (unpaired) electrons. The first-order valence-electron chi connectivity index (χ1n) is 7.79. The summed E-state index contributed by atoms with van der Waals surface area (Å²) in [6.45, 7) is 2.77. The SMILES string of the molecule is CCCCOc1ccc(/C=N\NC(=O)c2ccncc2)cc1OC. The molecule has 0 bridgehead atoms. The van der Waals surface area contributed by atoms with Gasteiger partial charge >= 0.3 is 0 Å². The lowest BCUT2D eigenvalue weighted by Gasteiger charge is -2.10. The Balaban J connectivity index is 1.98. The number of amides is 1. The van der Waals surface area contributed by atoms with Crippen LogP contribution in [0.5, 0.6) is 11.5 Å². The van der Waals surface area contributed by atoms with E-state index in [4.69, 9.17) is 9.47 Å². The number of nitrogens with zero attached hydrogens (tertiary/aromatic N) is 2. The van der Waals surface area contributed by atoms with Crippen LogP contribution in [-0.4, -0.2) is 30.8 Å². The number of rotatable bonds is 8. The van der Waals surface area contributed by atoms with E-state index in [1.54, 1.807) is 37.9 Å². The first kappa shape index (κ1) is 17.5. The van der Waals surface area contributed by atoms with Gasteiger partial charge in [0.25, 0.3) is 5.91 Å². The number of nitrogens with one attached hydrogen (secondary N) is 1. The molecular weight excluding hydrogens is 306 g/mol. The highest BCUT2D eigenvalue weighted by atomic mass is 16.5. The van der Waals surface area contributed by atoms with E-state index in [1.807, 2.05) is 18.2 Å². The minimum atomic E-state index is -0.292. The molecule has 126 valence electrons. The summed E-state index contributed by atoms with van der Waals surface area (Å²) in [5.41, 5.74) is 3.77. The van der Waals surface area contributed by atoms with Crippen LogP contribution in [0.25, 0.3) is 0 Å². The van der Waals surface area contributed by atoms with Gasteiger partial charge in [0.15, 0.2) is 11.5 Å². The molecule has 1 aromatic carbocycles. The summed E-state index contributed by atoms with van der Waals surface area (Å²) in [6.07, 6.45) is 6.73. The van der Waals surface area contributed by atoms with Gasteiger partial charge < -0.3 is 9.47 Å². The zero-order valence-corrected chi connectivity index (χ0v) is 13.9. The highest BCUT2D eigenvalue weighted by Gasteiger charge is 2.05. The minimum Gasteiger partial charge on any atom is -0.493 e. The topological polar surface area (TPSA) is 72.8 Å². The van der Waals surface area contributed by atoms with E-state index in [0.29, 0.717) is 23.7 Å². The van der Waals surface area contributed by atoms with Crippen LogP contribution in [0.3, 0.4) is 0 Å². The van der Waals surface area contributed by atoms with Crippen molar-refractivity contribution in [1.29, 1.82) is 0 Å². The third-order valence-electron chi connectivity index (χ3n) is 3.27. The third kappa shape index (κ3) is 5.08. The molecule has 0 fully saturated rings. The number of carbonyl (C=O) groups excluding carboxylic acids is 1. The molecule has 0 aliphatic heterocycles. The van der Waals surface area contributed by atoms with E-state index in [1.165, 1.54) is 0 Å². The van der Waals surface area contributed by atoms with Crippen molar-refractivity contribution >= 4 is 12.1 Å². The fraction of sp³-hybridized carbons (Fsp3) is 0.278. The number of hydrogen-bond donors (Lipinski definition) is 1. The number of benzene rings is 1. The second-order valence-electron chi connectivity index (χ2n) is 5.05. The second-order valence-corrected chi connectivity index (χ2v) is 5.05. The maximum absolute atomic E-state index is 11.9. The standard InChI is InChI=1S/C18H21N3O3/c1-3-4-11-24-16-6-5-14(12-17(16)23-2)13-20-21-18(22)15-7-9-19-10-8-15/h5-10,12-13H,3-4,11H2,1-2H3,(H,21,22)/b20-13-. The summed E-state index contributed by atoms with van der Waals surface area (Å²) in [4.78, 5) is 15.7. The van der Waals surface area contributed by atoms with Crippen LogP contribution in [0.2, 0.25) is 0 Å². The average Bonchev–Trinajstić information content (AvgIpc) is 2.63. The van der Waals surface area contributed by atoms with Gasteiger partial charge in [0.2, 0.25) is 0 Å². The molecule has 6 nitrogen and oxygen atoms in total. The Labute approximate surface area is 141 Å². The molecule has 1 N–H and O–H groups in total. The average molecular weight is 327 g/mol. The van der Waals surface area contributed by atoms with Crippen molar-refractivity contribution in [2.75, 3.05) is 13.7 Å². The Kier molecular flexibility index (Phi) is 6.76. The van der Waals surface area contributed by atoms with Gasteiger partial charge in [0.05, 0.1) is 19.9 Å². The van der Waals surface area contributed by atoms with E-state index < -0.39 is 0 Å². The summed E-state index contributed by atoms with van der Waals surface area (Å²) >= 11 is 0. The maximum atomic E-state index is 11.9. The highest BCUT2D eigenvalue weighted by Crippen LogP contribution is 2.27. The van der Waals surface area contributed by atoms with Gasteiger partial charge in [-0.2, -0.15) is 5.10 Å². The van der Waals surface area contributed by atoms with Gasteiger partial charge in [0.1, 0.15) is 0 Å². The summed E-state index contributed by atoms with van der Waals surface area (Å²) in [7, 11) is 1.59. The van der Waals surface area contributed by atoms with Crippen molar-refractivity contribution in [3.05, 3.63) is 53.9 Å². The maximum Gasteiger partial charge on any atom is 0.271 e. The fourth-order valence-electron chi connectivity index (χ4n) is 1.94. The van der Waals surface area contributed by atoms with Crippen LogP contribution in [0, 0.1) is 0 Å². The second kappa shape index (κ2) is 9.29. The van der Waals surface area contributed by atoms with Gasteiger partial charge in [-0.1, -0.05) is 13.3 Å². The quantitative estimate of drug-likeness (QED) is 0.459. The molecule has 1 aromatic heterocycles. The van der Waals surface area contributed by atoms with E-state index in [2.05, 4.69) is 22.4 Å². The Morgan fingerprint density at radius 3 is 2.75 bits per heavy atom. The van der Waals surface area contributed by atoms with Crippen molar-refractivity contribution in [2.24, 2.45) is 5.10 Å². The van der Waals surface area contributed by atoms with E-state index >= 15 is 0 Å². The molecule has 0 spiro atoms. The molecule has 24 heavy (non-hydrogen) atoms. The largest absolute Gasteiger partial charge is 0.493 e. The first-order valence-corrected chi connectivity index (χ1v) is 7.79. The predicted octanol–water partition coefficient (Wildman–Crippen LogP) is 3.03. The van der Waals surface area contributed by atoms with Crippen molar-refractivity contribution in [2.45, 2.75) is 19.8 Å². The van der Waals surface area contributed by atoms with Crippen molar-refractivity contribution in [1.82, 2.24) is 10.4 Å². The molecule has 0 aliphatic carbocycles. The molecule has 2 rings (SSSR count).